The minimum absolute atomic E-state index is 0.173. The minimum Gasteiger partial charge on any atom is -0.303 e. The zero-order valence-corrected chi connectivity index (χ0v) is 15.2. The van der Waals surface area contributed by atoms with Crippen LogP contribution in [0.1, 0.15) is 70.6 Å². The molecular formula is C19H20N4O2S. The molecule has 0 unspecified atom stereocenters. The molecule has 7 heteroatoms. The molecule has 0 spiro atoms. The van der Waals surface area contributed by atoms with Gasteiger partial charge in [0.25, 0.3) is 11.8 Å². The molecule has 2 amide bonds. The highest BCUT2D eigenvalue weighted by molar-refractivity contribution is 7.99. The first-order valence-corrected chi connectivity index (χ1v) is 10.3. The molecule has 5 rings (SSSR count). The fourth-order valence-electron chi connectivity index (χ4n) is 3.51. The van der Waals surface area contributed by atoms with E-state index < -0.39 is 0 Å². The van der Waals surface area contributed by atoms with E-state index in [9.17, 15) is 9.59 Å². The van der Waals surface area contributed by atoms with Crippen molar-refractivity contribution in [2.24, 2.45) is 0 Å². The van der Waals surface area contributed by atoms with E-state index in [4.69, 9.17) is 0 Å². The molecule has 0 radical (unpaired) electrons. The summed E-state index contributed by atoms with van der Waals surface area (Å²) >= 11 is 1.69. The summed E-state index contributed by atoms with van der Waals surface area (Å²) in [6.07, 6.45) is 5.66. The highest BCUT2D eigenvalue weighted by Gasteiger charge is 2.37. The number of aromatic nitrogens is 3. The molecule has 2 saturated carbocycles. The van der Waals surface area contributed by atoms with Gasteiger partial charge in [0.15, 0.2) is 5.16 Å². The van der Waals surface area contributed by atoms with Crippen LogP contribution < -0.4 is 0 Å². The van der Waals surface area contributed by atoms with Crippen molar-refractivity contribution in [2.75, 3.05) is 12.3 Å². The number of carbonyl (C=O) groups excluding carboxylic acids is 2. The Labute approximate surface area is 156 Å². The van der Waals surface area contributed by atoms with Crippen molar-refractivity contribution in [3.05, 3.63) is 41.2 Å². The Bertz CT molecular complexity index is 850. The van der Waals surface area contributed by atoms with Gasteiger partial charge in [-0.05, 0) is 44.2 Å². The first-order chi connectivity index (χ1) is 12.7. The zero-order chi connectivity index (χ0) is 17.7. The Morgan fingerprint density at radius 1 is 1.00 bits per heavy atom. The van der Waals surface area contributed by atoms with Crippen molar-refractivity contribution in [1.82, 2.24) is 19.7 Å². The number of thioether (sulfide) groups is 1. The van der Waals surface area contributed by atoms with Gasteiger partial charge in [0.05, 0.1) is 11.1 Å². The van der Waals surface area contributed by atoms with Gasteiger partial charge in [-0.15, -0.1) is 10.2 Å². The van der Waals surface area contributed by atoms with E-state index in [0.29, 0.717) is 29.6 Å². The van der Waals surface area contributed by atoms with E-state index >= 15 is 0 Å². The van der Waals surface area contributed by atoms with Gasteiger partial charge in [-0.25, -0.2) is 0 Å². The van der Waals surface area contributed by atoms with E-state index in [0.717, 1.165) is 23.2 Å². The molecule has 1 aromatic heterocycles. The second-order valence-electron chi connectivity index (χ2n) is 7.23. The molecule has 2 heterocycles. The van der Waals surface area contributed by atoms with Crippen LogP contribution in [0.3, 0.4) is 0 Å². The standard InChI is InChI=1S/C19H20N4O2S/c24-17-14-4-1-2-5-15(14)18(25)22(17)10-3-11-26-19-21-20-16(12-6-7-12)23(19)13-8-9-13/h1-2,4-5,12-13H,3,6-11H2. The fraction of sp³-hybridized carbons (Fsp3) is 0.474. The molecule has 0 N–H and O–H groups in total. The average Bonchev–Trinajstić information content (AvgIpc) is 3.59. The van der Waals surface area contributed by atoms with Gasteiger partial charge in [0, 0.05) is 24.3 Å². The number of nitrogens with zero attached hydrogens (tertiary/aromatic N) is 4. The third-order valence-electron chi connectivity index (χ3n) is 5.18. The van der Waals surface area contributed by atoms with Gasteiger partial charge < -0.3 is 4.57 Å². The summed E-state index contributed by atoms with van der Waals surface area (Å²) in [4.78, 5) is 26.1. The van der Waals surface area contributed by atoms with Crippen LogP contribution in [0.25, 0.3) is 0 Å². The van der Waals surface area contributed by atoms with Gasteiger partial charge in [-0.1, -0.05) is 23.9 Å². The highest BCUT2D eigenvalue weighted by atomic mass is 32.2. The summed E-state index contributed by atoms with van der Waals surface area (Å²) < 4.78 is 2.34. The molecule has 26 heavy (non-hydrogen) atoms. The second-order valence-corrected chi connectivity index (χ2v) is 8.29. The minimum atomic E-state index is -0.173. The maximum Gasteiger partial charge on any atom is 0.261 e. The lowest BCUT2D eigenvalue weighted by atomic mass is 10.1. The lowest BCUT2D eigenvalue weighted by Gasteiger charge is -2.13. The monoisotopic (exact) mass is 368 g/mol. The summed E-state index contributed by atoms with van der Waals surface area (Å²) in [6.45, 7) is 0.451. The average molecular weight is 368 g/mol. The molecule has 1 aliphatic heterocycles. The van der Waals surface area contributed by atoms with Gasteiger partial charge in [-0.3, -0.25) is 14.5 Å². The Balaban J connectivity index is 1.20. The maximum atomic E-state index is 12.4. The molecule has 0 atom stereocenters. The maximum absolute atomic E-state index is 12.4. The van der Waals surface area contributed by atoms with E-state index in [-0.39, 0.29) is 11.8 Å². The lowest BCUT2D eigenvalue weighted by Crippen LogP contribution is -2.31. The van der Waals surface area contributed by atoms with Gasteiger partial charge in [-0.2, -0.15) is 0 Å². The molecule has 1 aromatic carbocycles. The SMILES string of the molecule is O=C1c2ccccc2C(=O)N1CCCSc1nnc(C2CC2)n1C1CC1. The molecule has 0 bridgehead atoms. The van der Waals surface area contributed by atoms with Crippen LogP contribution in [0.2, 0.25) is 0 Å². The molecule has 2 aromatic rings. The fourth-order valence-corrected chi connectivity index (χ4v) is 4.45. The quantitative estimate of drug-likeness (QED) is 0.426. The topological polar surface area (TPSA) is 68.1 Å². The number of amides is 2. The van der Waals surface area contributed by atoms with Crippen LogP contribution in [0.4, 0.5) is 0 Å². The first kappa shape index (κ1) is 16.1. The van der Waals surface area contributed by atoms with E-state index in [1.54, 1.807) is 36.0 Å². The number of rotatable bonds is 7. The molecule has 2 fully saturated rings. The van der Waals surface area contributed by atoms with Crippen molar-refractivity contribution in [3.8, 4) is 0 Å². The third kappa shape index (κ3) is 2.74. The number of benzene rings is 1. The Morgan fingerprint density at radius 2 is 1.69 bits per heavy atom. The van der Waals surface area contributed by atoms with E-state index in [1.807, 2.05) is 0 Å². The van der Waals surface area contributed by atoms with Crippen LogP contribution in [0.15, 0.2) is 29.4 Å². The summed E-state index contributed by atoms with van der Waals surface area (Å²) in [5, 5.41) is 9.82. The molecule has 0 saturated heterocycles. The van der Waals surface area contributed by atoms with Crippen molar-refractivity contribution in [2.45, 2.75) is 49.2 Å². The predicted octanol–water partition coefficient (Wildman–Crippen LogP) is 3.27. The smallest absolute Gasteiger partial charge is 0.261 e. The van der Waals surface area contributed by atoms with Crippen LogP contribution in [0.5, 0.6) is 0 Å². The Morgan fingerprint density at radius 3 is 2.31 bits per heavy atom. The number of hydrogen-bond donors (Lipinski definition) is 0. The number of fused-ring (bicyclic) bond motifs is 1. The molecule has 6 nitrogen and oxygen atoms in total. The van der Waals surface area contributed by atoms with Crippen molar-refractivity contribution in [1.29, 1.82) is 0 Å². The summed E-state index contributed by atoms with van der Waals surface area (Å²) in [6, 6.07) is 7.63. The molecule has 134 valence electrons. The second kappa shape index (κ2) is 6.23. The largest absolute Gasteiger partial charge is 0.303 e. The van der Waals surface area contributed by atoms with Crippen molar-refractivity contribution < 1.29 is 9.59 Å². The number of imide groups is 1. The summed E-state index contributed by atoms with van der Waals surface area (Å²) in [7, 11) is 0. The molecular weight excluding hydrogens is 348 g/mol. The lowest BCUT2D eigenvalue weighted by molar-refractivity contribution is 0.0655. The van der Waals surface area contributed by atoms with Gasteiger partial charge >= 0.3 is 0 Å². The summed E-state index contributed by atoms with van der Waals surface area (Å²) in [5.74, 6) is 2.25. The highest BCUT2D eigenvalue weighted by Crippen LogP contribution is 2.46. The van der Waals surface area contributed by atoms with Crippen LogP contribution in [-0.4, -0.2) is 43.8 Å². The van der Waals surface area contributed by atoms with E-state index in [2.05, 4.69) is 14.8 Å². The Kier molecular flexibility index (Phi) is 3.85. The van der Waals surface area contributed by atoms with Crippen molar-refractivity contribution in [3.63, 3.8) is 0 Å². The van der Waals surface area contributed by atoms with Crippen LogP contribution in [0, 0.1) is 0 Å². The van der Waals surface area contributed by atoms with Crippen LogP contribution >= 0.6 is 11.8 Å². The third-order valence-corrected chi connectivity index (χ3v) is 6.21. The molecule has 3 aliphatic rings. The normalized spacial score (nSPS) is 19.3. The van der Waals surface area contributed by atoms with Gasteiger partial charge in [0.1, 0.15) is 5.82 Å². The first-order valence-electron chi connectivity index (χ1n) is 9.27. The Hall–Kier alpha value is -2.15. The molecule has 2 aliphatic carbocycles. The van der Waals surface area contributed by atoms with E-state index in [1.165, 1.54) is 30.6 Å². The van der Waals surface area contributed by atoms with Gasteiger partial charge in [0.2, 0.25) is 0 Å². The van der Waals surface area contributed by atoms with Crippen molar-refractivity contribution >= 4 is 23.6 Å². The zero-order valence-electron chi connectivity index (χ0n) is 14.4. The number of hydrogen-bond acceptors (Lipinski definition) is 5. The summed E-state index contributed by atoms with van der Waals surface area (Å²) in [5.41, 5.74) is 1.04. The van der Waals surface area contributed by atoms with Crippen LogP contribution in [-0.2, 0) is 0 Å². The number of carbonyl (C=O) groups is 2. The predicted molar refractivity (Wildman–Crippen MR) is 97.4 cm³/mol.